The van der Waals surface area contributed by atoms with Gasteiger partial charge in [-0.3, -0.25) is 0 Å². The van der Waals surface area contributed by atoms with Gasteiger partial charge in [0.15, 0.2) is 0 Å². The lowest BCUT2D eigenvalue weighted by Gasteiger charge is -2.36. The first-order valence-electron chi connectivity index (χ1n) is 9.01. The zero-order valence-electron chi connectivity index (χ0n) is 15.5. The molecule has 2 aromatic rings. The van der Waals surface area contributed by atoms with Crippen molar-refractivity contribution in [3.05, 3.63) is 59.7 Å². The van der Waals surface area contributed by atoms with Crippen molar-refractivity contribution >= 4 is 23.4 Å². The van der Waals surface area contributed by atoms with E-state index in [1.807, 2.05) is 0 Å². The van der Waals surface area contributed by atoms with Crippen LogP contribution in [-0.2, 0) is 4.74 Å². The van der Waals surface area contributed by atoms with Crippen molar-refractivity contribution in [2.45, 2.75) is 6.92 Å². The molecule has 8 heteroatoms. The first-order valence-corrected chi connectivity index (χ1v) is 9.01. The number of nitrogens with one attached hydrogen (secondary N) is 1. The summed E-state index contributed by atoms with van der Waals surface area (Å²) < 4.78 is 31.9. The predicted octanol–water partition coefficient (Wildman–Crippen LogP) is 3.50. The minimum Gasteiger partial charge on any atom is -0.462 e. The molecule has 6 nitrogen and oxygen atoms in total. The Hall–Kier alpha value is -3.16. The fourth-order valence-electron chi connectivity index (χ4n) is 2.99. The summed E-state index contributed by atoms with van der Waals surface area (Å²) in [6.07, 6.45) is 0. The minimum absolute atomic E-state index is 0.275. The molecule has 1 N–H and O–H groups in total. The highest BCUT2D eigenvalue weighted by molar-refractivity contribution is 5.92. The van der Waals surface area contributed by atoms with Crippen LogP contribution in [0, 0.1) is 11.6 Å². The van der Waals surface area contributed by atoms with Gasteiger partial charge in [0.05, 0.1) is 17.9 Å². The third-order valence-electron chi connectivity index (χ3n) is 4.46. The van der Waals surface area contributed by atoms with Crippen molar-refractivity contribution in [1.82, 2.24) is 4.90 Å². The minimum atomic E-state index is -0.617. The number of esters is 1. The van der Waals surface area contributed by atoms with Crippen molar-refractivity contribution in [2.75, 3.05) is 43.0 Å². The molecule has 1 saturated heterocycles. The number of amides is 2. The van der Waals surface area contributed by atoms with Crippen molar-refractivity contribution in [3.63, 3.8) is 0 Å². The summed E-state index contributed by atoms with van der Waals surface area (Å²) in [6, 6.07) is 9.65. The molecule has 0 unspecified atom stereocenters. The molecule has 0 bridgehead atoms. The molecule has 1 aliphatic heterocycles. The summed E-state index contributed by atoms with van der Waals surface area (Å²) in [4.78, 5) is 27.5. The van der Waals surface area contributed by atoms with Crippen LogP contribution in [0.1, 0.15) is 17.3 Å². The average molecular weight is 389 g/mol. The highest BCUT2D eigenvalue weighted by atomic mass is 19.1. The largest absolute Gasteiger partial charge is 0.462 e. The molecule has 1 fully saturated rings. The lowest BCUT2D eigenvalue weighted by Crippen LogP contribution is -2.50. The number of halogens is 2. The summed E-state index contributed by atoms with van der Waals surface area (Å²) in [7, 11) is 0. The normalized spacial score (nSPS) is 14.0. The van der Waals surface area contributed by atoms with Crippen molar-refractivity contribution in [3.8, 4) is 0 Å². The molecule has 2 aromatic carbocycles. The van der Waals surface area contributed by atoms with Crippen LogP contribution in [0.25, 0.3) is 0 Å². The monoisotopic (exact) mass is 389 g/mol. The van der Waals surface area contributed by atoms with E-state index in [4.69, 9.17) is 4.74 Å². The Morgan fingerprint density at radius 3 is 2.32 bits per heavy atom. The molecule has 0 aromatic heterocycles. The molecule has 148 valence electrons. The van der Waals surface area contributed by atoms with Gasteiger partial charge < -0.3 is 19.9 Å². The lowest BCUT2D eigenvalue weighted by atomic mass is 10.2. The van der Waals surface area contributed by atoms with Gasteiger partial charge in [0.25, 0.3) is 0 Å². The molecule has 3 rings (SSSR count). The van der Waals surface area contributed by atoms with E-state index in [1.54, 1.807) is 41.0 Å². The SMILES string of the molecule is CCOC(=O)c1ccc(NC(=O)N2CCN(c3ccc(F)cc3F)CC2)cc1. The molecule has 28 heavy (non-hydrogen) atoms. The van der Waals surface area contributed by atoms with Crippen molar-refractivity contribution in [1.29, 1.82) is 0 Å². The van der Waals surface area contributed by atoms with Gasteiger partial charge in [-0.1, -0.05) is 0 Å². The van der Waals surface area contributed by atoms with E-state index < -0.39 is 17.6 Å². The van der Waals surface area contributed by atoms with Gasteiger partial charge in [-0.2, -0.15) is 0 Å². The Bertz CT molecular complexity index is 850. The van der Waals surface area contributed by atoms with Crippen LogP contribution in [0.5, 0.6) is 0 Å². The Morgan fingerprint density at radius 1 is 1.04 bits per heavy atom. The van der Waals surface area contributed by atoms with Crippen LogP contribution in [0.2, 0.25) is 0 Å². The topological polar surface area (TPSA) is 61.9 Å². The number of anilines is 2. The number of carbonyl (C=O) groups is 2. The molecule has 0 radical (unpaired) electrons. The van der Waals surface area contributed by atoms with E-state index in [2.05, 4.69) is 5.32 Å². The Labute approximate surface area is 161 Å². The van der Waals surface area contributed by atoms with E-state index >= 15 is 0 Å². The number of carbonyl (C=O) groups excluding carboxylic acids is 2. The van der Waals surface area contributed by atoms with E-state index in [0.717, 1.165) is 6.07 Å². The van der Waals surface area contributed by atoms with Crippen LogP contribution in [-0.4, -0.2) is 49.7 Å². The lowest BCUT2D eigenvalue weighted by molar-refractivity contribution is 0.0526. The fourth-order valence-corrected chi connectivity index (χ4v) is 2.99. The van der Waals surface area contributed by atoms with Gasteiger partial charge in [0, 0.05) is 37.9 Å². The zero-order valence-corrected chi connectivity index (χ0v) is 15.5. The van der Waals surface area contributed by atoms with Crippen molar-refractivity contribution in [2.24, 2.45) is 0 Å². The number of urea groups is 1. The summed E-state index contributed by atoms with van der Waals surface area (Å²) in [5.74, 6) is -1.64. The first kappa shape index (κ1) is 19.6. The standard InChI is InChI=1S/C20H21F2N3O3/c1-2-28-19(26)14-3-6-16(7-4-14)23-20(27)25-11-9-24(10-12-25)18-8-5-15(21)13-17(18)22/h3-8,13H,2,9-12H2,1H3,(H,23,27). The predicted molar refractivity (Wildman–Crippen MR) is 102 cm³/mol. The molecule has 0 aliphatic carbocycles. The maximum Gasteiger partial charge on any atom is 0.338 e. The number of hydrogen-bond acceptors (Lipinski definition) is 4. The maximum absolute atomic E-state index is 13.9. The highest BCUT2D eigenvalue weighted by Gasteiger charge is 2.23. The number of hydrogen-bond donors (Lipinski definition) is 1. The van der Waals surface area contributed by atoms with Gasteiger partial charge in [0.2, 0.25) is 0 Å². The van der Waals surface area contributed by atoms with E-state index in [0.29, 0.717) is 49.7 Å². The van der Waals surface area contributed by atoms with Crippen LogP contribution >= 0.6 is 0 Å². The van der Waals surface area contributed by atoms with Crippen LogP contribution in [0.15, 0.2) is 42.5 Å². The van der Waals surface area contributed by atoms with Crippen LogP contribution < -0.4 is 10.2 Å². The Morgan fingerprint density at radius 2 is 1.71 bits per heavy atom. The van der Waals surface area contributed by atoms with E-state index in [9.17, 15) is 18.4 Å². The van der Waals surface area contributed by atoms with Crippen molar-refractivity contribution < 1.29 is 23.1 Å². The van der Waals surface area contributed by atoms with Gasteiger partial charge in [-0.15, -0.1) is 0 Å². The van der Waals surface area contributed by atoms with E-state index in [1.165, 1.54) is 12.1 Å². The van der Waals surface area contributed by atoms with Gasteiger partial charge in [-0.05, 0) is 43.3 Å². The number of benzene rings is 2. The summed E-state index contributed by atoms with van der Waals surface area (Å²) in [6.45, 7) is 3.73. The molecule has 1 aliphatic rings. The molecule has 0 saturated carbocycles. The molecular weight excluding hydrogens is 368 g/mol. The van der Waals surface area contributed by atoms with Gasteiger partial charge >= 0.3 is 12.0 Å². The number of piperazine rings is 1. The van der Waals surface area contributed by atoms with Gasteiger partial charge in [0.1, 0.15) is 11.6 Å². The smallest absolute Gasteiger partial charge is 0.338 e. The van der Waals surface area contributed by atoms with E-state index in [-0.39, 0.29) is 6.03 Å². The maximum atomic E-state index is 13.9. The second-order valence-electron chi connectivity index (χ2n) is 6.30. The third kappa shape index (κ3) is 4.57. The first-order chi connectivity index (χ1) is 13.5. The second kappa shape index (κ2) is 8.69. The molecule has 2 amide bonds. The molecule has 0 spiro atoms. The van der Waals surface area contributed by atoms with Crippen LogP contribution in [0.3, 0.4) is 0 Å². The quantitative estimate of drug-likeness (QED) is 0.813. The second-order valence-corrected chi connectivity index (χ2v) is 6.30. The van der Waals surface area contributed by atoms with Gasteiger partial charge in [-0.25, -0.2) is 18.4 Å². The average Bonchev–Trinajstić information content (AvgIpc) is 2.69. The number of ether oxygens (including phenoxy) is 1. The summed E-state index contributed by atoms with van der Waals surface area (Å²) in [5, 5.41) is 2.78. The fraction of sp³-hybridized carbons (Fsp3) is 0.300. The number of rotatable bonds is 4. The van der Waals surface area contributed by atoms with Crippen LogP contribution in [0.4, 0.5) is 25.0 Å². The third-order valence-corrected chi connectivity index (χ3v) is 4.46. The Balaban J connectivity index is 1.54. The molecular formula is C20H21F2N3O3. The molecule has 0 atom stereocenters. The zero-order chi connectivity index (χ0) is 20.1. The summed E-state index contributed by atoms with van der Waals surface area (Å²) >= 11 is 0. The summed E-state index contributed by atoms with van der Waals surface area (Å²) in [5.41, 5.74) is 1.30. The highest BCUT2D eigenvalue weighted by Crippen LogP contribution is 2.22. The number of nitrogens with zero attached hydrogens (tertiary/aromatic N) is 2. The Kier molecular flexibility index (Phi) is 6.08. The molecule has 1 heterocycles.